The van der Waals surface area contributed by atoms with Crippen LogP contribution in [0.15, 0.2) is 23.1 Å². The Morgan fingerprint density at radius 2 is 1.75 bits per heavy atom. The maximum atomic E-state index is 4.40. The maximum Gasteiger partial charge on any atom is 0.00721 e. The number of aryl methyl sites for hydroxylation is 1. The zero-order valence-corrected chi connectivity index (χ0v) is 9.07. The van der Waals surface area contributed by atoms with E-state index in [0.717, 1.165) is 4.90 Å². The Labute approximate surface area is 80.4 Å². The molecule has 0 bridgehead atoms. The fourth-order valence-electron chi connectivity index (χ4n) is 1.08. The molecule has 0 unspecified atom stereocenters. The first-order chi connectivity index (χ1) is 5.41. The molecule has 0 aliphatic rings. The van der Waals surface area contributed by atoms with Gasteiger partial charge in [0.25, 0.3) is 0 Å². The lowest BCUT2D eigenvalue weighted by molar-refractivity contribution is 0.588. The Bertz CT molecular complexity index is 282. The molecule has 0 aliphatic carbocycles. The lowest BCUT2D eigenvalue weighted by Crippen LogP contribution is -2.10. The van der Waals surface area contributed by atoms with Gasteiger partial charge in [0.15, 0.2) is 0 Å². The van der Waals surface area contributed by atoms with Crippen molar-refractivity contribution in [2.75, 3.05) is 0 Å². The largest absolute Gasteiger partial charge is 0.143 e. The normalized spacial score (nSPS) is 11.8. The Balaban J connectivity index is 3.14. The second-order valence-corrected chi connectivity index (χ2v) is 4.73. The molecule has 66 valence electrons. The molecule has 0 aromatic heterocycles. The van der Waals surface area contributed by atoms with Gasteiger partial charge in [0.1, 0.15) is 0 Å². The molecule has 1 rings (SSSR count). The number of rotatable bonds is 0. The molecular weight excluding hydrogens is 164 g/mol. The topological polar surface area (TPSA) is 0 Å². The third-order valence-electron chi connectivity index (χ3n) is 2.08. The van der Waals surface area contributed by atoms with E-state index in [-0.39, 0.29) is 5.41 Å². The molecule has 0 amide bonds. The summed E-state index contributed by atoms with van der Waals surface area (Å²) in [5.74, 6) is 0. The fourth-order valence-corrected chi connectivity index (χ4v) is 1.29. The first-order valence-electron chi connectivity index (χ1n) is 4.21. The average molecular weight is 180 g/mol. The first-order valence-corrected chi connectivity index (χ1v) is 4.66. The zero-order valence-electron chi connectivity index (χ0n) is 8.18. The van der Waals surface area contributed by atoms with E-state index in [4.69, 9.17) is 0 Å². The van der Waals surface area contributed by atoms with Crippen molar-refractivity contribution in [2.24, 2.45) is 0 Å². The van der Waals surface area contributed by atoms with Gasteiger partial charge in [0.05, 0.1) is 0 Å². The van der Waals surface area contributed by atoms with Gasteiger partial charge in [0.2, 0.25) is 0 Å². The van der Waals surface area contributed by atoms with Crippen molar-refractivity contribution in [3.05, 3.63) is 29.3 Å². The zero-order chi connectivity index (χ0) is 9.35. The van der Waals surface area contributed by atoms with Crippen molar-refractivity contribution in [1.82, 2.24) is 0 Å². The van der Waals surface area contributed by atoms with Gasteiger partial charge < -0.3 is 0 Å². The van der Waals surface area contributed by atoms with Crippen LogP contribution < -0.4 is 0 Å². The Morgan fingerprint density at radius 1 is 1.17 bits per heavy atom. The van der Waals surface area contributed by atoms with E-state index in [1.165, 1.54) is 11.1 Å². The Hall–Kier alpha value is -0.430. The van der Waals surface area contributed by atoms with Gasteiger partial charge >= 0.3 is 0 Å². The van der Waals surface area contributed by atoms with Crippen molar-refractivity contribution >= 4 is 12.6 Å². The lowest BCUT2D eigenvalue weighted by atomic mass is 9.87. The first kappa shape index (κ1) is 9.66. The highest BCUT2D eigenvalue weighted by Gasteiger charge is 2.13. The van der Waals surface area contributed by atoms with Gasteiger partial charge in [-0.15, -0.1) is 12.6 Å². The highest BCUT2D eigenvalue weighted by atomic mass is 32.1. The molecule has 0 fully saturated rings. The second-order valence-electron chi connectivity index (χ2n) is 4.25. The molecule has 1 aromatic rings. The summed E-state index contributed by atoms with van der Waals surface area (Å²) in [6.45, 7) is 8.72. The molecular formula is C11H16S. The minimum Gasteiger partial charge on any atom is -0.143 e. The Morgan fingerprint density at radius 3 is 2.17 bits per heavy atom. The van der Waals surface area contributed by atoms with Gasteiger partial charge in [-0.05, 0) is 29.5 Å². The van der Waals surface area contributed by atoms with E-state index < -0.39 is 0 Å². The van der Waals surface area contributed by atoms with E-state index in [1.807, 2.05) is 0 Å². The van der Waals surface area contributed by atoms with Crippen LogP contribution in [-0.2, 0) is 5.41 Å². The van der Waals surface area contributed by atoms with Gasteiger partial charge in [0, 0.05) is 4.90 Å². The number of hydrogen-bond acceptors (Lipinski definition) is 1. The van der Waals surface area contributed by atoms with Crippen LogP contribution in [-0.4, -0.2) is 0 Å². The summed E-state index contributed by atoms with van der Waals surface area (Å²) in [5.41, 5.74) is 2.81. The SMILES string of the molecule is Cc1ccc(C(C)(C)C)cc1S. The molecule has 0 N–H and O–H groups in total. The van der Waals surface area contributed by atoms with Crippen LogP contribution in [0, 0.1) is 6.92 Å². The van der Waals surface area contributed by atoms with E-state index in [2.05, 4.69) is 58.5 Å². The minimum atomic E-state index is 0.227. The lowest BCUT2D eigenvalue weighted by Gasteiger charge is -2.19. The summed E-state index contributed by atoms with van der Waals surface area (Å²) in [6, 6.07) is 6.45. The molecule has 0 radical (unpaired) electrons. The van der Waals surface area contributed by atoms with Crippen LogP contribution in [0.4, 0.5) is 0 Å². The van der Waals surface area contributed by atoms with E-state index in [0.29, 0.717) is 0 Å². The standard InChI is InChI=1S/C11H16S/c1-8-5-6-9(7-10(8)12)11(2,3)4/h5-7,12H,1-4H3. The number of hydrogen-bond donors (Lipinski definition) is 1. The van der Waals surface area contributed by atoms with Gasteiger partial charge in [-0.1, -0.05) is 32.9 Å². The van der Waals surface area contributed by atoms with Crippen LogP contribution in [0.25, 0.3) is 0 Å². The van der Waals surface area contributed by atoms with Crippen LogP contribution in [0.1, 0.15) is 31.9 Å². The molecule has 0 atom stereocenters. The molecule has 0 nitrogen and oxygen atoms in total. The maximum absolute atomic E-state index is 4.40. The predicted octanol–water partition coefficient (Wildman–Crippen LogP) is 3.58. The molecule has 1 heteroatoms. The predicted molar refractivity (Wildman–Crippen MR) is 57.1 cm³/mol. The summed E-state index contributed by atoms with van der Waals surface area (Å²) in [5, 5.41) is 0. The van der Waals surface area contributed by atoms with Crippen molar-refractivity contribution in [1.29, 1.82) is 0 Å². The fraction of sp³-hybridized carbons (Fsp3) is 0.455. The van der Waals surface area contributed by atoms with E-state index >= 15 is 0 Å². The quantitative estimate of drug-likeness (QED) is 0.580. The smallest absolute Gasteiger partial charge is 0.00721 e. The van der Waals surface area contributed by atoms with Crippen molar-refractivity contribution < 1.29 is 0 Å². The molecule has 0 aliphatic heterocycles. The molecule has 12 heavy (non-hydrogen) atoms. The van der Waals surface area contributed by atoms with E-state index in [1.54, 1.807) is 0 Å². The molecule has 0 heterocycles. The highest BCUT2D eigenvalue weighted by molar-refractivity contribution is 7.80. The monoisotopic (exact) mass is 180 g/mol. The summed E-state index contributed by atoms with van der Waals surface area (Å²) in [4.78, 5) is 1.09. The molecule has 0 saturated carbocycles. The third kappa shape index (κ3) is 2.04. The second kappa shape index (κ2) is 3.14. The van der Waals surface area contributed by atoms with Gasteiger partial charge in [-0.3, -0.25) is 0 Å². The van der Waals surface area contributed by atoms with Crippen molar-refractivity contribution in [3.8, 4) is 0 Å². The highest BCUT2D eigenvalue weighted by Crippen LogP contribution is 2.25. The van der Waals surface area contributed by atoms with Gasteiger partial charge in [-0.25, -0.2) is 0 Å². The average Bonchev–Trinajstić information content (AvgIpc) is 1.92. The molecule has 0 spiro atoms. The summed E-state index contributed by atoms with van der Waals surface area (Å²) < 4.78 is 0. The van der Waals surface area contributed by atoms with Crippen LogP contribution in [0.2, 0.25) is 0 Å². The number of thiol groups is 1. The molecule has 0 saturated heterocycles. The molecule has 1 aromatic carbocycles. The van der Waals surface area contributed by atoms with Crippen LogP contribution >= 0.6 is 12.6 Å². The third-order valence-corrected chi connectivity index (χ3v) is 2.56. The summed E-state index contributed by atoms with van der Waals surface area (Å²) >= 11 is 4.40. The van der Waals surface area contributed by atoms with Crippen molar-refractivity contribution in [2.45, 2.75) is 38.0 Å². The van der Waals surface area contributed by atoms with Crippen molar-refractivity contribution in [3.63, 3.8) is 0 Å². The van der Waals surface area contributed by atoms with Crippen LogP contribution in [0.3, 0.4) is 0 Å². The minimum absolute atomic E-state index is 0.227. The van der Waals surface area contributed by atoms with Crippen LogP contribution in [0.5, 0.6) is 0 Å². The summed E-state index contributed by atoms with van der Waals surface area (Å²) in [6.07, 6.45) is 0. The number of benzene rings is 1. The van der Waals surface area contributed by atoms with E-state index in [9.17, 15) is 0 Å². The summed E-state index contributed by atoms with van der Waals surface area (Å²) in [7, 11) is 0. The van der Waals surface area contributed by atoms with Gasteiger partial charge in [-0.2, -0.15) is 0 Å². The Kier molecular flexibility index (Phi) is 2.52.